The fourth-order valence-corrected chi connectivity index (χ4v) is 7.06. The van der Waals surface area contributed by atoms with Gasteiger partial charge in [-0.15, -0.1) is 0 Å². The molecule has 4 rings (SSSR count). The standard InChI is InChI=1S/C25H37N3O9.C10H16N2O4.C7H16O2.C4H3NO2.2C2H6/c1-13(2)21(26-4)24(33)27-11-20(31)28-17-7-5-16(12-36-14(3)29)15(9-17)6-8-18-10-19(30)22(32)23(37-18)25(34)35;13-5-3-9(15)11-7-8-1-2-10(16)12(8)4-6-14;1-5-9-7(2,3)6-8-4;6-3-1-2-4(7)5-3;2*1-2/h5,7,9,13,18-19,21-23,26,30,32H,6,8,10-12H2,1-4H3,(H,27,33)(H,28,31)(H,34,35);6,8,13H,1-5,7H2,(H,11,15);5-6H2,1-4H3;1-2H,(H,5,6,7);2*1-2H3/t18?,19?,21?,22-,23?;;;;;/m0...../s1. The quantitative estimate of drug-likeness (QED) is 0.0449. The molecule has 6 atom stereocenters. The lowest BCUT2D eigenvalue weighted by Crippen LogP contribution is -2.51. The number of methoxy groups -OCH3 is 1. The number of carbonyl (C=O) groups is 9. The number of aliphatic carboxylic acids is 1. The number of imide groups is 1. The first kappa shape index (κ1) is 69.4. The van der Waals surface area contributed by atoms with Crippen LogP contribution in [0.15, 0.2) is 30.4 Å². The molecule has 1 aromatic rings. The summed E-state index contributed by atoms with van der Waals surface area (Å²) in [6, 6.07) is 4.52. The molecule has 3 heterocycles. The zero-order valence-electron chi connectivity index (χ0n) is 44.7. The first-order valence-electron chi connectivity index (χ1n) is 24.5. The molecule has 73 heavy (non-hydrogen) atoms. The molecule has 2 saturated heterocycles. The molecule has 1 aromatic carbocycles. The smallest absolute Gasteiger partial charge is 0.335 e. The number of carboxylic acid groups (broad SMARTS) is 1. The van der Waals surface area contributed by atoms with E-state index in [2.05, 4.69) is 21.3 Å². The number of nitrogens with zero attached hydrogens (tertiary/aromatic N) is 1. The summed E-state index contributed by atoms with van der Waals surface area (Å²) in [5, 5.41) is 50.6. The zero-order valence-corrected chi connectivity index (χ0v) is 44.7. The number of aliphatic hydroxyl groups excluding tert-OH is 3. The summed E-state index contributed by atoms with van der Waals surface area (Å²) in [5.41, 5.74) is 1.73. The second kappa shape index (κ2) is 38.9. The van der Waals surface area contributed by atoms with Crippen LogP contribution in [0.4, 0.5) is 5.69 Å². The second-order valence-corrected chi connectivity index (χ2v) is 16.9. The summed E-state index contributed by atoms with van der Waals surface area (Å²) in [6.07, 6.45) is 0.0406. The van der Waals surface area contributed by atoms with Crippen molar-refractivity contribution in [1.29, 1.82) is 0 Å². The Labute approximate surface area is 429 Å². The summed E-state index contributed by atoms with van der Waals surface area (Å²) in [5.74, 6) is -3.44. The maximum Gasteiger partial charge on any atom is 0.335 e. The topological polar surface area (TPSA) is 335 Å². The van der Waals surface area contributed by atoms with Crippen molar-refractivity contribution < 1.29 is 82.5 Å². The Morgan fingerprint density at radius 3 is 2.11 bits per heavy atom. The third-order valence-electron chi connectivity index (χ3n) is 10.4. The van der Waals surface area contributed by atoms with Gasteiger partial charge in [-0.3, -0.25) is 38.9 Å². The molecule has 0 spiro atoms. The number of amides is 6. The predicted molar refractivity (Wildman–Crippen MR) is 271 cm³/mol. The van der Waals surface area contributed by atoms with Gasteiger partial charge >= 0.3 is 11.9 Å². The Morgan fingerprint density at radius 1 is 0.986 bits per heavy atom. The highest BCUT2D eigenvalue weighted by molar-refractivity contribution is 6.12. The van der Waals surface area contributed by atoms with E-state index < -0.39 is 48.3 Å². The fourth-order valence-electron chi connectivity index (χ4n) is 7.06. The van der Waals surface area contributed by atoms with Crippen LogP contribution in [0.1, 0.15) is 112 Å². The highest BCUT2D eigenvalue weighted by atomic mass is 16.5. The largest absolute Gasteiger partial charge is 0.479 e. The number of aldehydes is 1. The molecule has 0 saturated carbocycles. The molecule has 23 heteroatoms. The van der Waals surface area contributed by atoms with E-state index in [1.54, 1.807) is 32.4 Å². The molecule has 2 fully saturated rings. The van der Waals surface area contributed by atoms with E-state index in [1.807, 2.05) is 67.6 Å². The van der Waals surface area contributed by atoms with Crippen LogP contribution in [-0.2, 0) is 75.1 Å². The summed E-state index contributed by atoms with van der Waals surface area (Å²) in [4.78, 5) is 102. The van der Waals surface area contributed by atoms with E-state index in [1.165, 1.54) is 24.0 Å². The van der Waals surface area contributed by atoms with Gasteiger partial charge in [-0.1, -0.05) is 47.6 Å². The number of carboxylic acids is 1. The molecule has 0 aliphatic carbocycles. The average molecular weight is 1040 g/mol. The molecule has 6 amide bonds. The number of rotatable bonds is 22. The third-order valence-corrected chi connectivity index (χ3v) is 10.4. The molecule has 9 N–H and O–H groups in total. The van der Waals surface area contributed by atoms with Crippen LogP contribution in [0, 0.1) is 5.92 Å². The van der Waals surface area contributed by atoms with Gasteiger partial charge in [0, 0.05) is 70.3 Å². The van der Waals surface area contributed by atoms with Crippen LogP contribution < -0.4 is 26.6 Å². The minimum atomic E-state index is -1.53. The van der Waals surface area contributed by atoms with E-state index in [9.17, 15) is 58.5 Å². The lowest BCUT2D eigenvalue weighted by molar-refractivity contribution is -0.193. The number of ether oxygens (including phenoxy) is 4. The van der Waals surface area contributed by atoms with Crippen LogP contribution in [0.3, 0.4) is 0 Å². The van der Waals surface area contributed by atoms with Crippen molar-refractivity contribution in [1.82, 2.24) is 26.2 Å². The molecular formula is C50H84N6O17. The summed E-state index contributed by atoms with van der Waals surface area (Å²) in [7, 11) is 3.35. The van der Waals surface area contributed by atoms with Gasteiger partial charge in [-0.25, -0.2) is 4.79 Å². The Kier molecular flexibility index (Phi) is 36.9. The highest BCUT2D eigenvalue weighted by Gasteiger charge is 2.41. The molecule has 0 radical (unpaired) electrons. The Morgan fingerprint density at radius 2 is 1.62 bits per heavy atom. The van der Waals surface area contributed by atoms with E-state index in [-0.39, 0.29) is 86.2 Å². The number of nitrogens with one attached hydrogen (secondary N) is 5. The van der Waals surface area contributed by atoms with Crippen molar-refractivity contribution in [2.75, 3.05) is 58.9 Å². The van der Waals surface area contributed by atoms with E-state index in [4.69, 9.17) is 24.1 Å². The highest BCUT2D eigenvalue weighted by Crippen LogP contribution is 2.26. The molecule has 0 bridgehead atoms. The summed E-state index contributed by atoms with van der Waals surface area (Å²) >= 11 is 0. The van der Waals surface area contributed by atoms with E-state index >= 15 is 0 Å². The lowest BCUT2D eigenvalue weighted by atomic mass is 9.93. The van der Waals surface area contributed by atoms with Gasteiger partial charge < -0.3 is 70.3 Å². The maximum absolute atomic E-state index is 12.4. The number of aliphatic hydroxyl groups is 3. The van der Waals surface area contributed by atoms with Crippen molar-refractivity contribution >= 4 is 59.4 Å². The lowest BCUT2D eigenvalue weighted by Gasteiger charge is -2.35. The molecule has 3 aliphatic rings. The Bertz CT molecular complexity index is 1870. The zero-order chi connectivity index (χ0) is 56.3. The number of hydrogen-bond donors (Lipinski definition) is 9. The van der Waals surface area contributed by atoms with E-state index in [0.717, 1.165) is 6.61 Å². The minimum Gasteiger partial charge on any atom is -0.479 e. The van der Waals surface area contributed by atoms with Crippen molar-refractivity contribution in [3.63, 3.8) is 0 Å². The van der Waals surface area contributed by atoms with Gasteiger partial charge in [-0.2, -0.15) is 0 Å². The normalized spacial score (nSPS) is 19.0. The number of carbonyl (C=O) groups excluding carboxylic acids is 8. The first-order chi connectivity index (χ1) is 34.5. The Hall–Kier alpha value is -5.69. The average Bonchev–Trinajstić information content (AvgIpc) is 3.90. The first-order valence-corrected chi connectivity index (χ1v) is 24.5. The van der Waals surface area contributed by atoms with Crippen molar-refractivity contribution in [3.8, 4) is 0 Å². The summed E-state index contributed by atoms with van der Waals surface area (Å²) in [6.45, 7) is 20.5. The molecule has 23 nitrogen and oxygen atoms in total. The monoisotopic (exact) mass is 1040 g/mol. The van der Waals surface area contributed by atoms with Gasteiger partial charge in [0.1, 0.15) is 19.0 Å². The van der Waals surface area contributed by atoms with Crippen LogP contribution in [0.25, 0.3) is 0 Å². The van der Waals surface area contributed by atoms with Gasteiger partial charge in [-0.05, 0) is 76.3 Å². The van der Waals surface area contributed by atoms with Crippen LogP contribution in [0.5, 0.6) is 0 Å². The minimum absolute atomic E-state index is 0.000171. The molecule has 416 valence electrons. The van der Waals surface area contributed by atoms with E-state index in [0.29, 0.717) is 61.9 Å². The molecule has 5 unspecified atom stereocenters. The summed E-state index contributed by atoms with van der Waals surface area (Å²) < 4.78 is 20.9. The fraction of sp³-hybridized carbons (Fsp3) is 0.660. The molecule has 0 aromatic heterocycles. The Balaban J connectivity index is 0. The maximum atomic E-state index is 12.4. The number of esters is 1. The number of anilines is 1. The number of hydrogen-bond acceptors (Lipinski definition) is 17. The van der Waals surface area contributed by atoms with Crippen molar-refractivity contribution in [3.05, 3.63) is 41.5 Å². The number of aryl methyl sites for hydroxylation is 1. The van der Waals surface area contributed by atoms with Crippen LogP contribution >= 0.6 is 0 Å². The van der Waals surface area contributed by atoms with Crippen molar-refractivity contribution in [2.45, 2.75) is 156 Å². The van der Waals surface area contributed by atoms with Crippen molar-refractivity contribution in [2.24, 2.45) is 5.92 Å². The third kappa shape index (κ3) is 29.0. The van der Waals surface area contributed by atoms with Gasteiger partial charge in [0.2, 0.25) is 23.6 Å². The molecular weight excluding hydrogens is 957 g/mol. The van der Waals surface area contributed by atoms with Gasteiger partial charge in [0.15, 0.2) is 6.10 Å². The number of benzene rings is 1. The molecule has 3 aliphatic heterocycles. The number of likely N-dealkylation sites (tertiary alicyclic amines) is 1. The van der Waals surface area contributed by atoms with Crippen LogP contribution in [0.2, 0.25) is 0 Å². The second-order valence-electron chi connectivity index (χ2n) is 16.9. The van der Waals surface area contributed by atoms with Gasteiger partial charge in [0.05, 0.1) is 50.2 Å². The number of likely N-dealkylation sites (N-methyl/N-ethyl adjacent to an activating group) is 1. The van der Waals surface area contributed by atoms with Gasteiger partial charge in [0.25, 0.3) is 11.8 Å². The van der Waals surface area contributed by atoms with Crippen LogP contribution in [-0.4, -0.2) is 175 Å². The predicted octanol–water partition coefficient (Wildman–Crippen LogP) is 1.32. The SMILES string of the molecule is CC.CC.CCOC(C)(C)COC.CNC(C(=O)NCC(=O)Nc1ccc(COC(C)=O)c(CCC2CC(O)[C@H](O)C(C(=O)O)O2)c1)C(C)C.O=C1C=CC(=O)N1.O=CCN1C(=O)CCC1CNC(=O)CCO.